The summed E-state index contributed by atoms with van der Waals surface area (Å²) < 4.78 is 0. The zero-order valence-electron chi connectivity index (χ0n) is 12.0. The number of rotatable bonds is 5. The number of amides is 1. The Bertz CT molecular complexity index is 401. The van der Waals surface area contributed by atoms with Crippen LogP contribution >= 0.6 is 23.7 Å². The summed E-state index contributed by atoms with van der Waals surface area (Å²) in [6.07, 6.45) is 2.06. The van der Waals surface area contributed by atoms with Crippen LogP contribution in [0.4, 0.5) is 0 Å². The van der Waals surface area contributed by atoms with Crippen LogP contribution in [-0.4, -0.2) is 16.9 Å². The van der Waals surface area contributed by atoms with Gasteiger partial charge in [-0.15, -0.1) is 23.7 Å². The average Bonchev–Trinajstić information content (AvgIpc) is 2.74. The van der Waals surface area contributed by atoms with E-state index in [9.17, 15) is 4.79 Å². The summed E-state index contributed by atoms with van der Waals surface area (Å²) in [6, 6.07) is 0.166. The molecule has 0 fully saturated rings. The summed E-state index contributed by atoms with van der Waals surface area (Å²) in [7, 11) is 0. The number of hydrogen-bond donors (Lipinski definition) is 2. The standard InChI is InChI=1S/C13H23N3OS.ClH/c1-9(5-6-13(2,3)4)15-12(17)10-8-18-11(7-14)16-10;/h8-9H,5-7,14H2,1-4H3,(H,15,17);1H. The van der Waals surface area contributed by atoms with Crippen molar-refractivity contribution in [1.29, 1.82) is 0 Å². The molecule has 110 valence electrons. The van der Waals surface area contributed by atoms with Gasteiger partial charge in [0.05, 0.1) is 0 Å². The molecule has 0 saturated heterocycles. The van der Waals surface area contributed by atoms with Gasteiger partial charge < -0.3 is 11.1 Å². The maximum atomic E-state index is 11.9. The monoisotopic (exact) mass is 305 g/mol. The van der Waals surface area contributed by atoms with Gasteiger partial charge >= 0.3 is 0 Å². The lowest BCUT2D eigenvalue weighted by molar-refractivity contribution is 0.0931. The van der Waals surface area contributed by atoms with Crippen LogP contribution < -0.4 is 11.1 Å². The Balaban J connectivity index is 0.00000324. The molecule has 0 spiro atoms. The predicted octanol–water partition coefficient (Wildman–Crippen LogP) is 2.97. The van der Waals surface area contributed by atoms with Crippen molar-refractivity contribution in [3.8, 4) is 0 Å². The van der Waals surface area contributed by atoms with Crippen molar-refractivity contribution < 1.29 is 4.79 Å². The zero-order valence-corrected chi connectivity index (χ0v) is 13.7. The molecule has 3 N–H and O–H groups in total. The fourth-order valence-electron chi connectivity index (χ4n) is 1.53. The fourth-order valence-corrected chi connectivity index (χ4v) is 2.18. The highest BCUT2D eigenvalue weighted by atomic mass is 35.5. The second-order valence-corrected chi connectivity index (χ2v) is 6.75. The van der Waals surface area contributed by atoms with Crippen LogP contribution in [0, 0.1) is 5.41 Å². The van der Waals surface area contributed by atoms with Gasteiger partial charge in [0.25, 0.3) is 5.91 Å². The van der Waals surface area contributed by atoms with E-state index in [4.69, 9.17) is 5.73 Å². The first-order chi connectivity index (χ1) is 8.31. The van der Waals surface area contributed by atoms with Crippen LogP contribution in [0.25, 0.3) is 0 Å². The third-order valence-electron chi connectivity index (χ3n) is 2.66. The molecule has 0 radical (unpaired) electrons. The van der Waals surface area contributed by atoms with Gasteiger partial charge in [-0.05, 0) is 25.2 Å². The van der Waals surface area contributed by atoms with E-state index >= 15 is 0 Å². The molecule has 1 amide bonds. The Kier molecular flexibility index (Phi) is 7.55. The molecular formula is C13H24ClN3OS. The molecule has 0 saturated carbocycles. The number of thiazole rings is 1. The molecule has 19 heavy (non-hydrogen) atoms. The van der Waals surface area contributed by atoms with Crippen LogP contribution in [0.2, 0.25) is 0 Å². The van der Waals surface area contributed by atoms with E-state index < -0.39 is 0 Å². The number of halogens is 1. The van der Waals surface area contributed by atoms with Crippen molar-refractivity contribution in [2.24, 2.45) is 11.1 Å². The Labute approximate surface area is 125 Å². The number of carbonyl (C=O) groups is 1. The molecule has 6 heteroatoms. The number of carbonyl (C=O) groups excluding carboxylic acids is 1. The summed E-state index contributed by atoms with van der Waals surface area (Å²) in [6.45, 7) is 9.03. The Morgan fingerprint density at radius 3 is 2.63 bits per heavy atom. The molecule has 1 aromatic heterocycles. The average molecular weight is 306 g/mol. The highest BCUT2D eigenvalue weighted by molar-refractivity contribution is 7.09. The first-order valence-electron chi connectivity index (χ1n) is 6.27. The van der Waals surface area contributed by atoms with Crippen molar-refractivity contribution in [3.63, 3.8) is 0 Å². The summed E-state index contributed by atoms with van der Waals surface area (Å²) >= 11 is 1.43. The van der Waals surface area contributed by atoms with E-state index in [-0.39, 0.29) is 24.4 Å². The molecule has 4 nitrogen and oxygen atoms in total. The topological polar surface area (TPSA) is 68.0 Å². The molecule has 0 aliphatic rings. The number of aromatic nitrogens is 1. The Morgan fingerprint density at radius 2 is 2.16 bits per heavy atom. The van der Waals surface area contributed by atoms with E-state index in [0.717, 1.165) is 17.8 Å². The summed E-state index contributed by atoms with van der Waals surface area (Å²) in [4.78, 5) is 16.1. The number of nitrogens with one attached hydrogen (secondary N) is 1. The van der Waals surface area contributed by atoms with Gasteiger partial charge in [-0.2, -0.15) is 0 Å². The summed E-state index contributed by atoms with van der Waals surface area (Å²) in [5.74, 6) is -0.104. The maximum Gasteiger partial charge on any atom is 0.270 e. The number of nitrogens with two attached hydrogens (primary N) is 1. The molecule has 1 heterocycles. The van der Waals surface area contributed by atoms with Crippen molar-refractivity contribution in [1.82, 2.24) is 10.3 Å². The third-order valence-corrected chi connectivity index (χ3v) is 3.53. The first kappa shape index (κ1) is 18.4. The molecule has 0 aliphatic heterocycles. The summed E-state index contributed by atoms with van der Waals surface area (Å²) in [5.41, 5.74) is 6.25. The fraction of sp³-hybridized carbons (Fsp3) is 0.692. The van der Waals surface area contributed by atoms with Gasteiger partial charge in [0.2, 0.25) is 0 Å². The minimum absolute atomic E-state index is 0. The van der Waals surface area contributed by atoms with E-state index in [1.807, 2.05) is 6.92 Å². The van der Waals surface area contributed by atoms with E-state index in [1.54, 1.807) is 5.38 Å². The molecular weight excluding hydrogens is 282 g/mol. The second-order valence-electron chi connectivity index (χ2n) is 5.80. The predicted molar refractivity (Wildman–Crippen MR) is 82.9 cm³/mol. The first-order valence-corrected chi connectivity index (χ1v) is 7.15. The largest absolute Gasteiger partial charge is 0.348 e. The number of nitrogens with zero attached hydrogens (tertiary/aromatic N) is 1. The molecule has 1 unspecified atom stereocenters. The van der Waals surface area contributed by atoms with Crippen LogP contribution in [-0.2, 0) is 6.54 Å². The quantitative estimate of drug-likeness (QED) is 0.879. The van der Waals surface area contributed by atoms with Gasteiger partial charge in [0.15, 0.2) is 0 Å². The van der Waals surface area contributed by atoms with Crippen molar-refractivity contribution in [3.05, 3.63) is 16.1 Å². The van der Waals surface area contributed by atoms with E-state index in [1.165, 1.54) is 11.3 Å². The van der Waals surface area contributed by atoms with Gasteiger partial charge in [0.1, 0.15) is 10.7 Å². The van der Waals surface area contributed by atoms with Crippen molar-refractivity contribution >= 4 is 29.7 Å². The van der Waals surface area contributed by atoms with Crippen LogP contribution in [0.5, 0.6) is 0 Å². The highest BCUT2D eigenvalue weighted by Crippen LogP contribution is 2.21. The lowest BCUT2D eigenvalue weighted by Crippen LogP contribution is -2.33. The minimum atomic E-state index is -0.104. The van der Waals surface area contributed by atoms with Gasteiger partial charge in [0, 0.05) is 18.0 Å². The maximum absolute atomic E-state index is 11.9. The number of hydrogen-bond acceptors (Lipinski definition) is 4. The van der Waals surface area contributed by atoms with Crippen LogP contribution in [0.1, 0.15) is 56.0 Å². The van der Waals surface area contributed by atoms with Gasteiger partial charge in [-0.25, -0.2) is 4.98 Å². The normalized spacial score (nSPS) is 12.7. The molecule has 0 aromatic carbocycles. The van der Waals surface area contributed by atoms with Crippen LogP contribution in [0.15, 0.2) is 5.38 Å². The smallest absolute Gasteiger partial charge is 0.270 e. The van der Waals surface area contributed by atoms with Gasteiger partial charge in [-0.1, -0.05) is 20.8 Å². The van der Waals surface area contributed by atoms with Crippen molar-refractivity contribution in [2.75, 3.05) is 0 Å². The van der Waals surface area contributed by atoms with Crippen molar-refractivity contribution in [2.45, 2.75) is 53.1 Å². The molecule has 1 aromatic rings. The molecule has 0 bridgehead atoms. The third kappa shape index (κ3) is 6.89. The van der Waals surface area contributed by atoms with E-state index in [2.05, 4.69) is 31.1 Å². The lowest BCUT2D eigenvalue weighted by Gasteiger charge is -2.21. The lowest BCUT2D eigenvalue weighted by atomic mass is 9.89. The molecule has 0 aliphatic carbocycles. The summed E-state index contributed by atoms with van der Waals surface area (Å²) in [5, 5.41) is 5.52. The van der Waals surface area contributed by atoms with E-state index in [0.29, 0.717) is 17.7 Å². The Morgan fingerprint density at radius 1 is 1.53 bits per heavy atom. The van der Waals surface area contributed by atoms with Crippen LogP contribution in [0.3, 0.4) is 0 Å². The Hall–Kier alpha value is -0.650. The van der Waals surface area contributed by atoms with Gasteiger partial charge in [-0.3, -0.25) is 4.79 Å². The SMILES string of the molecule is CC(CCC(C)(C)C)NC(=O)c1csc(CN)n1.Cl. The highest BCUT2D eigenvalue weighted by Gasteiger charge is 2.16. The zero-order chi connectivity index (χ0) is 13.8. The molecule has 1 atom stereocenters. The minimum Gasteiger partial charge on any atom is -0.348 e. The second kappa shape index (κ2) is 7.82. The molecule has 1 rings (SSSR count).